The first-order chi connectivity index (χ1) is 16.4. The summed E-state index contributed by atoms with van der Waals surface area (Å²) in [5.41, 5.74) is 5.84. The molecule has 3 aromatic heterocycles. The molecule has 0 fully saturated rings. The molecule has 0 spiro atoms. The van der Waals surface area contributed by atoms with Crippen LogP contribution in [0, 0.1) is 13.8 Å². The lowest BCUT2D eigenvalue weighted by molar-refractivity contribution is -0.122. The summed E-state index contributed by atoms with van der Waals surface area (Å²) in [6, 6.07) is 15.5. The largest absolute Gasteiger partial charge is 0.497 e. The van der Waals surface area contributed by atoms with Crippen LogP contribution >= 0.6 is 0 Å². The van der Waals surface area contributed by atoms with Gasteiger partial charge in [0.1, 0.15) is 17.8 Å². The molecule has 5 rings (SSSR count). The van der Waals surface area contributed by atoms with Gasteiger partial charge in [-0.2, -0.15) is 5.10 Å². The zero-order chi connectivity index (χ0) is 23.8. The zero-order valence-electron chi connectivity index (χ0n) is 19.1. The predicted octanol–water partition coefficient (Wildman–Crippen LogP) is 2.75. The molecule has 0 unspecified atom stereocenters. The molecule has 34 heavy (non-hydrogen) atoms. The van der Waals surface area contributed by atoms with Crippen molar-refractivity contribution in [2.75, 3.05) is 7.11 Å². The molecule has 9 heteroatoms. The van der Waals surface area contributed by atoms with Crippen LogP contribution in [0.2, 0.25) is 0 Å². The van der Waals surface area contributed by atoms with E-state index in [0.717, 1.165) is 22.6 Å². The van der Waals surface area contributed by atoms with Gasteiger partial charge in [0, 0.05) is 24.5 Å². The average molecular weight is 457 g/mol. The lowest BCUT2D eigenvalue weighted by atomic mass is 10.0. The highest BCUT2D eigenvalue weighted by Gasteiger charge is 2.15. The fourth-order valence-corrected chi connectivity index (χ4v) is 3.81. The Labute approximate surface area is 195 Å². The van der Waals surface area contributed by atoms with Crippen molar-refractivity contribution in [1.29, 1.82) is 0 Å². The van der Waals surface area contributed by atoms with Gasteiger partial charge in [-0.05, 0) is 54.8 Å². The Morgan fingerprint density at radius 2 is 1.79 bits per heavy atom. The maximum Gasteiger partial charge on any atom is 0.350 e. The van der Waals surface area contributed by atoms with E-state index in [1.165, 1.54) is 20.2 Å². The molecule has 9 nitrogen and oxygen atoms in total. The molecular formula is C25H24N6O3. The van der Waals surface area contributed by atoms with E-state index in [1.54, 1.807) is 24.0 Å². The summed E-state index contributed by atoms with van der Waals surface area (Å²) >= 11 is 0. The zero-order valence-corrected chi connectivity index (χ0v) is 19.1. The van der Waals surface area contributed by atoms with Gasteiger partial charge in [-0.1, -0.05) is 24.3 Å². The second-order valence-corrected chi connectivity index (χ2v) is 8.22. The molecule has 172 valence electrons. The van der Waals surface area contributed by atoms with Crippen LogP contribution in [0.5, 0.6) is 5.75 Å². The maximum absolute atomic E-state index is 12.9. The molecule has 0 atom stereocenters. The topological polar surface area (TPSA) is 94.9 Å². The van der Waals surface area contributed by atoms with E-state index < -0.39 is 0 Å². The highest BCUT2D eigenvalue weighted by atomic mass is 16.5. The second-order valence-electron chi connectivity index (χ2n) is 8.22. The lowest BCUT2D eigenvalue weighted by Crippen LogP contribution is -2.32. The Kier molecular flexibility index (Phi) is 5.37. The summed E-state index contributed by atoms with van der Waals surface area (Å²) in [6.45, 7) is 4.30. The third-order valence-electron chi connectivity index (χ3n) is 5.94. The second kappa shape index (κ2) is 8.51. The van der Waals surface area contributed by atoms with Crippen LogP contribution in [0.1, 0.15) is 16.7 Å². The summed E-state index contributed by atoms with van der Waals surface area (Å²) in [6.07, 6.45) is 3.32. The third-order valence-corrected chi connectivity index (χ3v) is 5.94. The first-order valence-electron chi connectivity index (χ1n) is 10.9. The number of benzene rings is 2. The molecule has 2 aromatic carbocycles. The molecule has 0 aliphatic carbocycles. The summed E-state index contributed by atoms with van der Waals surface area (Å²) < 4.78 is 9.43. The number of methoxy groups -OCH3 is 1. The fraction of sp³-hybridized carbons (Fsp3) is 0.200. The number of ether oxygens (including phenoxy) is 1. The van der Waals surface area contributed by atoms with E-state index in [2.05, 4.69) is 41.5 Å². The smallest absolute Gasteiger partial charge is 0.350 e. The number of rotatable bonds is 6. The normalized spacial score (nSPS) is 11.3. The minimum Gasteiger partial charge on any atom is -0.497 e. The van der Waals surface area contributed by atoms with Crippen LogP contribution < -0.4 is 15.7 Å². The van der Waals surface area contributed by atoms with Crippen molar-refractivity contribution in [2.45, 2.75) is 26.9 Å². The van der Waals surface area contributed by atoms with Crippen LogP contribution in [0.15, 0.2) is 65.7 Å². The van der Waals surface area contributed by atoms with Crippen molar-refractivity contribution in [3.05, 3.63) is 88.1 Å². The van der Waals surface area contributed by atoms with Gasteiger partial charge in [0.2, 0.25) is 5.91 Å². The number of carbonyl (C=O) groups excluding carboxylic acids is 1. The number of nitrogens with one attached hydrogen (secondary N) is 1. The third kappa shape index (κ3) is 3.92. The van der Waals surface area contributed by atoms with Crippen molar-refractivity contribution in [3.63, 3.8) is 0 Å². The van der Waals surface area contributed by atoms with Gasteiger partial charge in [0.25, 0.3) is 0 Å². The Morgan fingerprint density at radius 1 is 1.00 bits per heavy atom. The van der Waals surface area contributed by atoms with Crippen LogP contribution in [0.3, 0.4) is 0 Å². The highest BCUT2D eigenvalue weighted by molar-refractivity contribution is 5.78. The minimum atomic E-state index is -0.383. The summed E-state index contributed by atoms with van der Waals surface area (Å²) in [5, 5.41) is 11.9. The highest BCUT2D eigenvalue weighted by Crippen LogP contribution is 2.23. The average Bonchev–Trinajstić information content (AvgIpc) is 3.41. The molecule has 0 saturated heterocycles. The SMILES string of the molecule is COc1ccc(CNC(=O)Cn2nc3c4cc(-c5ccc(C)c(C)c5)nn4ccn3c2=O)cc1. The molecular weight excluding hydrogens is 432 g/mol. The molecule has 0 bridgehead atoms. The number of amides is 1. The van der Waals surface area contributed by atoms with Gasteiger partial charge in [-0.25, -0.2) is 18.4 Å². The number of hydrogen-bond donors (Lipinski definition) is 1. The van der Waals surface area contributed by atoms with E-state index in [0.29, 0.717) is 17.7 Å². The lowest BCUT2D eigenvalue weighted by Gasteiger charge is -2.06. The standard InChI is InChI=1S/C25H24N6O3/c1-16-4-7-19(12-17(16)2)21-13-22-24-28-31(25(33)29(24)10-11-30(22)27-21)15-23(32)26-14-18-5-8-20(34-3)9-6-18/h4-13H,14-15H2,1-3H3,(H,26,32). The van der Waals surface area contributed by atoms with E-state index in [-0.39, 0.29) is 18.1 Å². The van der Waals surface area contributed by atoms with Crippen LogP contribution in [0.25, 0.3) is 22.4 Å². The molecule has 0 aliphatic rings. The monoisotopic (exact) mass is 456 g/mol. The number of fused-ring (bicyclic) bond motifs is 3. The van der Waals surface area contributed by atoms with Crippen molar-refractivity contribution in [2.24, 2.45) is 0 Å². The van der Waals surface area contributed by atoms with E-state index in [1.807, 2.05) is 36.4 Å². The van der Waals surface area contributed by atoms with Gasteiger partial charge in [-0.15, -0.1) is 5.10 Å². The van der Waals surface area contributed by atoms with Crippen LogP contribution in [-0.4, -0.2) is 36.8 Å². The van der Waals surface area contributed by atoms with Gasteiger partial charge in [0.05, 0.1) is 12.8 Å². The number of carbonyl (C=O) groups is 1. The van der Waals surface area contributed by atoms with E-state index in [9.17, 15) is 9.59 Å². The number of nitrogens with zero attached hydrogens (tertiary/aromatic N) is 5. The summed E-state index contributed by atoms with van der Waals surface area (Å²) in [7, 11) is 1.60. The van der Waals surface area contributed by atoms with E-state index in [4.69, 9.17) is 4.74 Å². The molecule has 3 heterocycles. The Hall–Kier alpha value is -4.40. The van der Waals surface area contributed by atoms with Gasteiger partial charge >= 0.3 is 5.69 Å². The number of aryl methyl sites for hydroxylation is 2. The summed E-state index contributed by atoms with van der Waals surface area (Å²) in [4.78, 5) is 25.3. The minimum absolute atomic E-state index is 0.180. The van der Waals surface area contributed by atoms with Gasteiger partial charge in [-0.3, -0.25) is 4.79 Å². The molecule has 1 N–H and O–H groups in total. The Bertz CT molecular complexity index is 1580. The first kappa shape index (κ1) is 21.4. The van der Waals surface area contributed by atoms with E-state index >= 15 is 0 Å². The van der Waals surface area contributed by atoms with Crippen molar-refractivity contribution in [3.8, 4) is 17.0 Å². The van der Waals surface area contributed by atoms with Gasteiger partial charge in [0.15, 0.2) is 5.65 Å². The first-order valence-corrected chi connectivity index (χ1v) is 10.9. The molecule has 5 aromatic rings. The molecule has 0 aliphatic heterocycles. The van der Waals surface area contributed by atoms with Crippen molar-refractivity contribution < 1.29 is 9.53 Å². The van der Waals surface area contributed by atoms with Crippen molar-refractivity contribution in [1.82, 2.24) is 29.1 Å². The summed E-state index contributed by atoms with van der Waals surface area (Å²) in [5.74, 6) is 0.444. The quantitative estimate of drug-likeness (QED) is 0.424. The maximum atomic E-state index is 12.9. The molecule has 0 saturated carbocycles. The Balaban J connectivity index is 1.39. The number of hydrogen-bond acceptors (Lipinski definition) is 5. The van der Waals surface area contributed by atoms with Crippen LogP contribution in [0.4, 0.5) is 0 Å². The molecule has 1 amide bonds. The van der Waals surface area contributed by atoms with Crippen LogP contribution in [-0.2, 0) is 17.9 Å². The molecule has 0 radical (unpaired) electrons. The Morgan fingerprint density at radius 3 is 2.53 bits per heavy atom. The fourth-order valence-electron chi connectivity index (χ4n) is 3.81. The van der Waals surface area contributed by atoms with Gasteiger partial charge < -0.3 is 10.1 Å². The number of aromatic nitrogens is 5. The predicted molar refractivity (Wildman–Crippen MR) is 128 cm³/mol. The van der Waals surface area contributed by atoms with Crippen molar-refractivity contribution >= 4 is 17.1 Å².